The van der Waals surface area contributed by atoms with Crippen LogP contribution < -0.4 is 0 Å². The smallest absolute Gasteiger partial charge is 0.331 e. The maximum atomic E-state index is 11.5. The fourth-order valence-corrected chi connectivity index (χ4v) is 2.90. The Hall–Kier alpha value is -1.03. The van der Waals surface area contributed by atoms with Crippen molar-refractivity contribution in [3.05, 3.63) is 12.2 Å². The van der Waals surface area contributed by atoms with E-state index in [2.05, 4.69) is 6.92 Å². The molecule has 1 aliphatic carbocycles. The van der Waals surface area contributed by atoms with Gasteiger partial charge in [-0.3, -0.25) is 0 Å². The van der Waals surface area contributed by atoms with Gasteiger partial charge in [0, 0.05) is 23.4 Å². The van der Waals surface area contributed by atoms with Crippen LogP contribution >= 0.6 is 11.6 Å². The Labute approximate surface area is 118 Å². The Morgan fingerprint density at radius 1 is 1.37 bits per heavy atom. The molecule has 3 atom stereocenters. The molecule has 0 aromatic carbocycles. The van der Waals surface area contributed by atoms with E-state index >= 15 is 0 Å². The summed E-state index contributed by atoms with van der Waals surface area (Å²) in [6.07, 6.45) is 7.37. The second-order valence-corrected chi connectivity index (χ2v) is 5.46. The van der Waals surface area contributed by atoms with Crippen LogP contribution in [-0.2, 0) is 14.3 Å². The van der Waals surface area contributed by atoms with Crippen LogP contribution in [-0.4, -0.2) is 28.5 Å². The number of alkyl halides is 1. The zero-order valence-electron chi connectivity index (χ0n) is 11.2. The zero-order chi connectivity index (χ0) is 14.3. The number of rotatable bonds is 6. The largest absolute Gasteiger partial charge is 0.478 e. The van der Waals surface area contributed by atoms with Gasteiger partial charge < -0.3 is 9.84 Å². The summed E-state index contributed by atoms with van der Waals surface area (Å²) in [7, 11) is 0. The minimum Gasteiger partial charge on any atom is -0.478 e. The SMILES string of the molecule is CCCCC1C(Cl)CCCC1OC(=O)C=CC(=O)O. The maximum Gasteiger partial charge on any atom is 0.331 e. The average Bonchev–Trinajstić information content (AvgIpc) is 2.36. The molecule has 0 amide bonds. The zero-order valence-corrected chi connectivity index (χ0v) is 11.9. The van der Waals surface area contributed by atoms with E-state index in [1.807, 2.05) is 0 Å². The van der Waals surface area contributed by atoms with Crippen molar-refractivity contribution in [2.75, 3.05) is 0 Å². The molecule has 5 heteroatoms. The van der Waals surface area contributed by atoms with Gasteiger partial charge in [0.1, 0.15) is 6.10 Å². The fourth-order valence-electron chi connectivity index (χ4n) is 2.46. The van der Waals surface area contributed by atoms with E-state index in [4.69, 9.17) is 21.4 Å². The first kappa shape index (κ1) is 16.0. The number of hydrogen-bond acceptors (Lipinski definition) is 3. The molecule has 0 bridgehead atoms. The molecule has 0 aromatic heterocycles. The molecule has 1 aliphatic rings. The fraction of sp³-hybridized carbons (Fsp3) is 0.714. The Morgan fingerprint density at radius 2 is 2.11 bits per heavy atom. The maximum absolute atomic E-state index is 11.5. The van der Waals surface area contributed by atoms with Crippen LogP contribution in [0.5, 0.6) is 0 Å². The molecule has 1 saturated carbocycles. The second-order valence-electron chi connectivity index (χ2n) is 4.90. The molecule has 3 unspecified atom stereocenters. The molecule has 1 rings (SSSR count). The summed E-state index contributed by atoms with van der Waals surface area (Å²) in [6, 6.07) is 0. The Bertz CT molecular complexity index is 340. The third-order valence-electron chi connectivity index (χ3n) is 3.43. The number of ether oxygens (including phenoxy) is 1. The lowest BCUT2D eigenvalue weighted by Gasteiger charge is -2.34. The van der Waals surface area contributed by atoms with Gasteiger partial charge in [-0.2, -0.15) is 0 Å². The molecule has 0 radical (unpaired) electrons. The van der Waals surface area contributed by atoms with Crippen molar-refractivity contribution in [1.82, 2.24) is 0 Å². The summed E-state index contributed by atoms with van der Waals surface area (Å²) in [5.74, 6) is -1.57. The molecule has 0 aliphatic heterocycles. The minimum atomic E-state index is -1.15. The van der Waals surface area contributed by atoms with Crippen molar-refractivity contribution in [3.63, 3.8) is 0 Å². The van der Waals surface area contributed by atoms with Gasteiger partial charge in [0.05, 0.1) is 0 Å². The van der Waals surface area contributed by atoms with Crippen LogP contribution in [0.3, 0.4) is 0 Å². The highest BCUT2D eigenvalue weighted by Crippen LogP contribution is 2.34. The minimum absolute atomic E-state index is 0.0431. The third-order valence-corrected chi connectivity index (χ3v) is 3.97. The summed E-state index contributed by atoms with van der Waals surface area (Å²) < 4.78 is 5.35. The Morgan fingerprint density at radius 3 is 2.74 bits per heavy atom. The highest BCUT2D eigenvalue weighted by molar-refractivity contribution is 6.20. The lowest BCUT2D eigenvalue weighted by atomic mass is 9.82. The van der Waals surface area contributed by atoms with Crippen molar-refractivity contribution in [1.29, 1.82) is 0 Å². The monoisotopic (exact) mass is 288 g/mol. The van der Waals surface area contributed by atoms with Crippen LogP contribution in [0.15, 0.2) is 12.2 Å². The van der Waals surface area contributed by atoms with Gasteiger partial charge in [0.25, 0.3) is 0 Å². The highest BCUT2D eigenvalue weighted by atomic mass is 35.5. The van der Waals surface area contributed by atoms with E-state index < -0.39 is 11.9 Å². The number of esters is 1. The van der Waals surface area contributed by atoms with Crippen LogP contribution in [0, 0.1) is 5.92 Å². The number of carbonyl (C=O) groups is 2. The first-order valence-electron chi connectivity index (χ1n) is 6.80. The van der Waals surface area contributed by atoms with Crippen molar-refractivity contribution < 1.29 is 19.4 Å². The molecule has 0 aromatic rings. The number of carbonyl (C=O) groups excluding carboxylic acids is 1. The van der Waals surface area contributed by atoms with E-state index in [0.29, 0.717) is 0 Å². The van der Waals surface area contributed by atoms with E-state index in [-0.39, 0.29) is 17.4 Å². The van der Waals surface area contributed by atoms with Crippen molar-refractivity contribution >= 4 is 23.5 Å². The van der Waals surface area contributed by atoms with Crippen LogP contribution in [0.25, 0.3) is 0 Å². The third kappa shape index (κ3) is 5.64. The highest BCUT2D eigenvalue weighted by Gasteiger charge is 2.33. The molecule has 0 spiro atoms. The molecule has 1 fully saturated rings. The normalized spacial score (nSPS) is 27.4. The van der Waals surface area contributed by atoms with Gasteiger partial charge >= 0.3 is 11.9 Å². The number of hydrogen-bond donors (Lipinski definition) is 1. The number of unbranched alkanes of at least 4 members (excludes halogenated alkanes) is 1. The molecule has 19 heavy (non-hydrogen) atoms. The lowest BCUT2D eigenvalue weighted by molar-refractivity contribution is -0.148. The topological polar surface area (TPSA) is 63.6 Å². The molecular weight excluding hydrogens is 268 g/mol. The van der Waals surface area contributed by atoms with Crippen molar-refractivity contribution in [2.24, 2.45) is 5.92 Å². The number of carboxylic acid groups (broad SMARTS) is 1. The van der Waals surface area contributed by atoms with Gasteiger partial charge in [-0.1, -0.05) is 19.8 Å². The molecule has 0 saturated heterocycles. The molecule has 4 nitrogen and oxygen atoms in total. The Kier molecular flexibility index (Phi) is 6.92. The standard InChI is InChI=1S/C14H21ClO4/c1-2-3-5-10-11(15)6-4-7-12(10)19-14(18)9-8-13(16)17/h8-12H,2-7H2,1H3,(H,16,17). The van der Waals surface area contributed by atoms with E-state index in [1.54, 1.807) is 0 Å². The summed E-state index contributed by atoms with van der Waals surface area (Å²) >= 11 is 6.32. The predicted octanol–water partition coefficient (Wildman–Crippen LogP) is 3.14. The van der Waals surface area contributed by atoms with Crippen molar-refractivity contribution in [2.45, 2.75) is 56.9 Å². The van der Waals surface area contributed by atoms with Gasteiger partial charge in [-0.25, -0.2) is 9.59 Å². The van der Waals surface area contributed by atoms with Crippen LogP contribution in [0.4, 0.5) is 0 Å². The first-order valence-corrected chi connectivity index (χ1v) is 7.24. The van der Waals surface area contributed by atoms with Gasteiger partial charge in [0.2, 0.25) is 0 Å². The predicted molar refractivity (Wildman–Crippen MR) is 73.2 cm³/mol. The van der Waals surface area contributed by atoms with Gasteiger partial charge in [0.15, 0.2) is 0 Å². The van der Waals surface area contributed by atoms with Crippen LogP contribution in [0.2, 0.25) is 0 Å². The van der Waals surface area contributed by atoms with Gasteiger partial charge in [-0.15, -0.1) is 11.6 Å². The first-order chi connectivity index (χ1) is 9.04. The quantitative estimate of drug-likeness (QED) is 0.463. The van der Waals surface area contributed by atoms with Gasteiger partial charge in [-0.05, 0) is 25.7 Å². The Balaban J connectivity index is 2.56. The van der Waals surface area contributed by atoms with E-state index in [9.17, 15) is 9.59 Å². The molecule has 108 valence electrons. The number of aliphatic carboxylic acids is 1. The average molecular weight is 289 g/mol. The number of halogens is 1. The van der Waals surface area contributed by atoms with Crippen molar-refractivity contribution in [3.8, 4) is 0 Å². The summed E-state index contributed by atoms with van der Waals surface area (Å²) in [5, 5.41) is 8.51. The number of carboxylic acids is 1. The molecule has 0 heterocycles. The summed E-state index contributed by atoms with van der Waals surface area (Å²) in [6.45, 7) is 2.11. The van der Waals surface area contributed by atoms with E-state index in [0.717, 1.165) is 50.7 Å². The molecule has 1 N–H and O–H groups in total. The summed E-state index contributed by atoms with van der Waals surface area (Å²) in [4.78, 5) is 21.9. The van der Waals surface area contributed by atoms with E-state index in [1.165, 1.54) is 0 Å². The molecular formula is C14H21ClO4. The summed E-state index contributed by atoms with van der Waals surface area (Å²) in [5.41, 5.74) is 0. The van der Waals surface area contributed by atoms with Crippen LogP contribution in [0.1, 0.15) is 45.4 Å². The second kappa shape index (κ2) is 8.20. The lowest BCUT2D eigenvalue weighted by Crippen LogP contribution is -2.36.